The largest absolute Gasteiger partial charge is 0.392 e. The highest BCUT2D eigenvalue weighted by molar-refractivity contribution is 5.55. The molecule has 0 aromatic heterocycles. The monoisotopic (exact) mass is 178 g/mol. The van der Waals surface area contributed by atoms with Crippen molar-refractivity contribution >= 4 is 5.69 Å². The van der Waals surface area contributed by atoms with E-state index in [-0.39, 0.29) is 12.6 Å². The molecule has 0 fully saturated rings. The van der Waals surface area contributed by atoms with Gasteiger partial charge in [0, 0.05) is 18.3 Å². The first-order chi connectivity index (χ1) is 6.29. The van der Waals surface area contributed by atoms with Crippen LogP contribution in [0.5, 0.6) is 0 Å². The van der Waals surface area contributed by atoms with E-state index in [0.29, 0.717) is 0 Å². The first-order valence-electron chi connectivity index (χ1n) is 4.51. The van der Waals surface area contributed by atoms with Crippen LogP contribution in [0, 0.1) is 0 Å². The van der Waals surface area contributed by atoms with Crippen molar-refractivity contribution < 1.29 is 5.11 Å². The summed E-state index contributed by atoms with van der Waals surface area (Å²) in [6, 6.07) is 6.15. The van der Waals surface area contributed by atoms with E-state index in [1.807, 2.05) is 18.2 Å². The summed E-state index contributed by atoms with van der Waals surface area (Å²) in [7, 11) is 0. The van der Waals surface area contributed by atoms with Crippen LogP contribution in [0.2, 0.25) is 0 Å². The first kappa shape index (κ1) is 8.53. The lowest BCUT2D eigenvalue weighted by atomic mass is 9.98. The van der Waals surface area contributed by atoms with Crippen LogP contribution in [0.4, 0.5) is 5.69 Å². The van der Waals surface area contributed by atoms with Crippen LogP contribution in [-0.4, -0.2) is 17.7 Å². The Morgan fingerprint density at radius 2 is 2.38 bits per heavy atom. The number of hydrogen-bond acceptors (Lipinski definition) is 3. The van der Waals surface area contributed by atoms with Gasteiger partial charge in [0.15, 0.2) is 0 Å². The zero-order chi connectivity index (χ0) is 9.26. The third kappa shape index (κ3) is 1.66. The predicted octanol–water partition coefficient (Wildman–Crippen LogP) is 0.474. The highest BCUT2D eigenvalue weighted by Gasteiger charge is 2.14. The van der Waals surface area contributed by atoms with Crippen LogP contribution in [-0.2, 0) is 13.0 Å². The van der Waals surface area contributed by atoms with Gasteiger partial charge < -0.3 is 16.2 Å². The smallest absolute Gasteiger partial charge is 0.0681 e. The summed E-state index contributed by atoms with van der Waals surface area (Å²) in [6.45, 7) is 0.938. The number of nitrogens with one attached hydrogen (secondary N) is 1. The molecule has 3 nitrogen and oxygen atoms in total. The molecule has 0 saturated carbocycles. The van der Waals surface area contributed by atoms with Gasteiger partial charge in [-0.25, -0.2) is 0 Å². The minimum Gasteiger partial charge on any atom is -0.392 e. The molecule has 0 amide bonds. The van der Waals surface area contributed by atoms with E-state index in [1.165, 1.54) is 5.56 Å². The SMILES string of the molecule is N[C@@H]1CNc2ccc(CO)cc2C1. The molecule has 1 aliphatic heterocycles. The van der Waals surface area contributed by atoms with Gasteiger partial charge in [0.2, 0.25) is 0 Å². The molecule has 0 radical (unpaired) electrons. The second-order valence-electron chi connectivity index (χ2n) is 3.49. The van der Waals surface area contributed by atoms with E-state index in [9.17, 15) is 0 Å². The molecule has 1 atom stereocenters. The van der Waals surface area contributed by atoms with Crippen molar-refractivity contribution in [1.82, 2.24) is 0 Å². The average Bonchev–Trinajstić information content (AvgIpc) is 2.16. The molecule has 0 unspecified atom stereocenters. The highest BCUT2D eigenvalue weighted by Crippen LogP contribution is 2.22. The number of rotatable bonds is 1. The Hall–Kier alpha value is -1.06. The number of nitrogens with two attached hydrogens (primary N) is 1. The maximum atomic E-state index is 8.95. The molecule has 0 bridgehead atoms. The van der Waals surface area contributed by atoms with Crippen molar-refractivity contribution in [2.75, 3.05) is 11.9 Å². The van der Waals surface area contributed by atoms with E-state index in [1.54, 1.807) is 0 Å². The van der Waals surface area contributed by atoms with Gasteiger partial charge in [0.1, 0.15) is 0 Å². The Bertz CT molecular complexity index is 312. The Kier molecular flexibility index (Phi) is 2.20. The van der Waals surface area contributed by atoms with Crippen molar-refractivity contribution in [3.8, 4) is 0 Å². The van der Waals surface area contributed by atoms with Gasteiger partial charge in [0.05, 0.1) is 6.61 Å². The number of aliphatic hydroxyl groups excluding tert-OH is 1. The molecule has 1 aromatic carbocycles. The summed E-state index contributed by atoms with van der Waals surface area (Å²) in [5.41, 5.74) is 9.13. The zero-order valence-corrected chi connectivity index (χ0v) is 7.46. The van der Waals surface area contributed by atoms with Gasteiger partial charge in [-0.3, -0.25) is 0 Å². The topological polar surface area (TPSA) is 58.3 Å². The van der Waals surface area contributed by atoms with Crippen molar-refractivity contribution in [2.24, 2.45) is 5.73 Å². The average molecular weight is 178 g/mol. The highest BCUT2D eigenvalue weighted by atomic mass is 16.3. The molecule has 1 heterocycles. The van der Waals surface area contributed by atoms with Crippen LogP contribution in [0.1, 0.15) is 11.1 Å². The molecule has 0 spiro atoms. The molecule has 3 heteroatoms. The molecule has 70 valence electrons. The fraction of sp³-hybridized carbons (Fsp3) is 0.400. The fourth-order valence-electron chi connectivity index (χ4n) is 1.68. The van der Waals surface area contributed by atoms with Gasteiger partial charge in [-0.05, 0) is 23.6 Å². The van der Waals surface area contributed by atoms with Crippen molar-refractivity contribution in [1.29, 1.82) is 0 Å². The second-order valence-corrected chi connectivity index (χ2v) is 3.49. The van der Waals surface area contributed by atoms with Gasteiger partial charge in [-0.1, -0.05) is 12.1 Å². The zero-order valence-electron chi connectivity index (χ0n) is 7.46. The maximum Gasteiger partial charge on any atom is 0.0681 e. The third-order valence-corrected chi connectivity index (χ3v) is 2.39. The number of hydrogen-bond donors (Lipinski definition) is 3. The normalized spacial score (nSPS) is 20.6. The number of aliphatic hydroxyl groups is 1. The van der Waals surface area contributed by atoms with E-state index >= 15 is 0 Å². The molecule has 13 heavy (non-hydrogen) atoms. The third-order valence-electron chi connectivity index (χ3n) is 2.39. The summed E-state index contributed by atoms with van der Waals surface area (Å²) in [4.78, 5) is 0. The van der Waals surface area contributed by atoms with Gasteiger partial charge >= 0.3 is 0 Å². The summed E-state index contributed by atoms with van der Waals surface area (Å²) < 4.78 is 0. The van der Waals surface area contributed by atoms with Crippen LogP contribution >= 0.6 is 0 Å². The first-order valence-corrected chi connectivity index (χ1v) is 4.51. The van der Waals surface area contributed by atoms with Crippen molar-refractivity contribution in [3.63, 3.8) is 0 Å². The van der Waals surface area contributed by atoms with Crippen LogP contribution in [0.25, 0.3) is 0 Å². The van der Waals surface area contributed by atoms with E-state index in [2.05, 4.69) is 5.32 Å². The molecule has 0 saturated heterocycles. The van der Waals surface area contributed by atoms with Crippen molar-refractivity contribution in [2.45, 2.75) is 19.1 Å². The lowest BCUT2D eigenvalue weighted by Crippen LogP contribution is -2.35. The molecule has 1 aliphatic rings. The quantitative estimate of drug-likeness (QED) is 0.586. The Morgan fingerprint density at radius 1 is 1.54 bits per heavy atom. The summed E-state index contributed by atoms with van der Waals surface area (Å²) in [6.07, 6.45) is 0.899. The predicted molar refractivity (Wildman–Crippen MR) is 52.5 cm³/mol. The number of anilines is 1. The molecule has 2 rings (SSSR count). The van der Waals surface area contributed by atoms with E-state index < -0.39 is 0 Å². The summed E-state index contributed by atoms with van der Waals surface area (Å²) in [5.74, 6) is 0. The lowest BCUT2D eigenvalue weighted by molar-refractivity contribution is 0.281. The molecular formula is C10H14N2O. The summed E-state index contributed by atoms with van der Waals surface area (Å²) in [5, 5.41) is 12.2. The fourth-order valence-corrected chi connectivity index (χ4v) is 1.68. The van der Waals surface area contributed by atoms with Crippen LogP contribution < -0.4 is 11.1 Å². The van der Waals surface area contributed by atoms with Crippen molar-refractivity contribution in [3.05, 3.63) is 29.3 Å². The van der Waals surface area contributed by atoms with Crippen LogP contribution in [0.15, 0.2) is 18.2 Å². The Morgan fingerprint density at radius 3 is 3.15 bits per heavy atom. The Balaban J connectivity index is 2.32. The minimum atomic E-state index is 0.0997. The van der Waals surface area contributed by atoms with Crippen LogP contribution in [0.3, 0.4) is 0 Å². The molecule has 1 aromatic rings. The van der Waals surface area contributed by atoms with E-state index in [0.717, 1.165) is 24.2 Å². The summed E-state index contributed by atoms with van der Waals surface area (Å²) >= 11 is 0. The lowest BCUT2D eigenvalue weighted by Gasteiger charge is -2.23. The molecular weight excluding hydrogens is 164 g/mol. The Labute approximate surface area is 77.6 Å². The minimum absolute atomic E-state index is 0.0997. The molecule has 4 N–H and O–H groups in total. The van der Waals surface area contributed by atoms with Gasteiger partial charge in [-0.15, -0.1) is 0 Å². The number of fused-ring (bicyclic) bond motifs is 1. The maximum absolute atomic E-state index is 8.95. The second kappa shape index (κ2) is 3.36. The van der Waals surface area contributed by atoms with Gasteiger partial charge in [0.25, 0.3) is 0 Å². The number of benzene rings is 1. The van der Waals surface area contributed by atoms with E-state index in [4.69, 9.17) is 10.8 Å². The van der Waals surface area contributed by atoms with Gasteiger partial charge in [-0.2, -0.15) is 0 Å². The molecule has 0 aliphatic carbocycles. The standard InChI is InChI=1S/C10H14N2O/c11-9-4-8-3-7(6-13)1-2-10(8)12-5-9/h1-3,9,12-13H,4-6,11H2/t9-/m0/s1.